The number of nitrogens with one attached hydrogen (secondary N) is 1. The summed E-state index contributed by atoms with van der Waals surface area (Å²) in [6.45, 7) is 2.57. The number of ether oxygens (including phenoxy) is 1. The average Bonchev–Trinajstić information content (AvgIpc) is 3.29. The largest absolute Gasteiger partial charge is 0.381 e. The van der Waals surface area contributed by atoms with Crippen LogP contribution in [0.25, 0.3) is 0 Å². The average molecular weight is 471 g/mol. The van der Waals surface area contributed by atoms with Crippen molar-refractivity contribution in [3.8, 4) is 0 Å². The molecule has 0 saturated carbocycles. The second-order valence-electron chi connectivity index (χ2n) is 8.14. The van der Waals surface area contributed by atoms with Gasteiger partial charge in [0, 0.05) is 41.8 Å². The molecule has 5 nitrogen and oxygen atoms in total. The van der Waals surface area contributed by atoms with Crippen molar-refractivity contribution in [1.82, 2.24) is 10.2 Å². The summed E-state index contributed by atoms with van der Waals surface area (Å²) in [5.41, 5.74) is 1.74. The van der Waals surface area contributed by atoms with Gasteiger partial charge in [0.05, 0.1) is 0 Å². The standard InChI is InChI=1S/C24H27BrN2O3/c25-20-10-8-18(9-11-20)23(29)27-14-4-7-21(27)22(28)26-17-24(12-15-30-16-13-24)19-5-2-1-3-6-19/h1-3,5-6,8-11,21H,4,7,12-17H2,(H,26,28). The summed E-state index contributed by atoms with van der Waals surface area (Å²) in [6, 6.07) is 17.3. The Hall–Kier alpha value is -2.18. The van der Waals surface area contributed by atoms with Crippen LogP contribution in [0.4, 0.5) is 0 Å². The summed E-state index contributed by atoms with van der Waals surface area (Å²) in [4.78, 5) is 27.8. The van der Waals surface area contributed by atoms with E-state index in [0.29, 0.717) is 38.3 Å². The van der Waals surface area contributed by atoms with E-state index in [1.807, 2.05) is 30.3 Å². The minimum Gasteiger partial charge on any atom is -0.381 e. The Bertz CT molecular complexity index is 879. The molecular formula is C24H27BrN2O3. The van der Waals surface area contributed by atoms with E-state index in [9.17, 15) is 9.59 Å². The maximum Gasteiger partial charge on any atom is 0.254 e. The molecule has 2 aliphatic heterocycles. The van der Waals surface area contributed by atoms with Gasteiger partial charge in [-0.2, -0.15) is 0 Å². The maximum absolute atomic E-state index is 13.1. The van der Waals surface area contributed by atoms with E-state index in [1.54, 1.807) is 17.0 Å². The number of hydrogen-bond donors (Lipinski definition) is 1. The Morgan fingerprint density at radius 2 is 1.77 bits per heavy atom. The van der Waals surface area contributed by atoms with E-state index >= 15 is 0 Å². The molecule has 6 heteroatoms. The monoisotopic (exact) mass is 470 g/mol. The fourth-order valence-electron chi connectivity index (χ4n) is 4.54. The molecule has 2 amide bonds. The molecule has 1 atom stereocenters. The summed E-state index contributed by atoms with van der Waals surface area (Å²) < 4.78 is 6.52. The zero-order valence-electron chi connectivity index (χ0n) is 17.0. The van der Waals surface area contributed by atoms with Crippen LogP contribution in [0.2, 0.25) is 0 Å². The molecule has 2 aromatic rings. The molecule has 2 fully saturated rings. The third-order valence-corrected chi connectivity index (χ3v) is 6.87. The van der Waals surface area contributed by atoms with Crippen LogP contribution in [0.1, 0.15) is 41.6 Å². The molecule has 1 N–H and O–H groups in total. The van der Waals surface area contributed by atoms with Gasteiger partial charge in [0.15, 0.2) is 0 Å². The Kier molecular flexibility index (Phi) is 6.54. The van der Waals surface area contributed by atoms with E-state index in [-0.39, 0.29) is 17.2 Å². The smallest absolute Gasteiger partial charge is 0.254 e. The number of carbonyl (C=O) groups excluding carboxylic acids is 2. The van der Waals surface area contributed by atoms with Gasteiger partial charge in [-0.1, -0.05) is 46.3 Å². The highest BCUT2D eigenvalue weighted by atomic mass is 79.9. The lowest BCUT2D eigenvalue weighted by Gasteiger charge is -2.38. The molecule has 0 aliphatic carbocycles. The Labute approximate surface area is 185 Å². The van der Waals surface area contributed by atoms with Crippen molar-refractivity contribution >= 4 is 27.7 Å². The van der Waals surface area contributed by atoms with Gasteiger partial charge in [-0.05, 0) is 55.5 Å². The fraction of sp³-hybridized carbons (Fsp3) is 0.417. The normalized spacial score (nSPS) is 20.7. The van der Waals surface area contributed by atoms with Crippen molar-refractivity contribution < 1.29 is 14.3 Å². The zero-order valence-corrected chi connectivity index (χ0v) is 18.6. The predicted molar refractivity (Wildman–Crippen MR) is 119 cm³/mol. The zero-order chi connectivity index (χ0) is 21.0. The quantitative estimate of drug-likeness (QED) is 0.720. The number of halogens is 1. The third-order valence-electron chi connectivity index (χ3n) is 6.34. The van der Waals surface area contributed by atoms with E-state index in [1.165, 1.54) is 5.56 Å². The van der Waals surface area contributed by atoms with Crippen molar-refractivity contribution in [2.75, 3.05) is 26.3 Å². The lowest BCUT2D eigenvalue weighted by atomic mass is 9.74. The summed E-state index contributed by atoms with van der Waals surface area (Å²) in [6.07, 6.45) is 3.31. The molecule has 2 aliphatic rings. The molecule has 0 radical (unpaired) electrons. The summed E-state index contributed by atoms with van der Waals surface area (Å²) in [7, 11) is 0. The topological polar surface area (TPSA) is 58.6 Å². The first-order chi connectivity index (χ1) is 14.6. The van der Waals surface area contributed by atoms with E-state index in [4.69, 9.17) is 4.74 Å². The second kappa shape index (κ2) is 9.31. The number of likely N-dealkylation sites (tertiary alicyclic amines) is 1. The van der Waals surface area contributed by atoms with Gasteiger partial charge >= 0.3 is 0 Å². The van der Waals surface area contributed by atoms with Crippen LogP contribution in [0, 0.1) is 0 Å². The van der Waals surface area contributed by atoms with Gasteiger partial charge in [-0.15, -0.1) is 0 Å². The fourth-order valence-corrected chi connectivity index (χ4v) is 4.80. The molecule has 2 heterocycles. The number of amides is 2. The lowest BCUT2D eigenvalue weighted by Crippen LogP contribution is -2.50. The third kappa shape index (κ3) is 4.44. The first kappa shape index (κ1) is 21.1. The van der Waals surface area contributed by atoms with Crippen LogP contribution < -0.4 is 5.32 Å². The molecule has 158 valence electrons. The van der Waals surface area contributed by atoms with Crippen molar-refractivity contribution in [3.05, 3.63) is 70.2 Å². The number of nitrogens with zero attached hydrogens (tertiary/aromatic N) is 1. The number of carbonyl (C=O) groups is 2. The molecule has 30 heavy (non-hydrogen) atoms. The molecule has 0 bridgehead atoms. The first-order valence-electron chi connectivity index (χ1n) is 10.6. The second-order valence-corrected chi connectivity index (χ2v) is 9.06. The van der Waals surface area contributed by atoms with Crippen molar-refractivity contribution in [2.45, 2.75) is 37.1 Å². The maximum atomic E-state index is 13.1. The van der Waals surface area contributed by atoms with Crippen LogP contribution in [-0.2, 0) is 14.9 Å². The molecule has 2 aromatic carbocycles. The molecule has 1 unspecified atom stereocenters. The first-order valence-corrected chi connectivity index (χ1v) is 11.4. The highest BCUT2D eigenvalue weighted by Crippen LogP contribution is 2.34. The highest BCUT2D eigenvalue weighted by molar-refractivity contribution is 9.10. The number of rotatable bonds is 5. The summed E-state index contributed by atoms with van der Waals surface area (Å²) >= 11 is 3.40. The molecule has 0 aromatic heterocycles. The summed E-state index contributed by atoms with van der Waals surface area (Å²) in [5, 5.41) is 3.18. The Morgan fingerprint density at radius 1 is 1.07 bits per heavy atom. The van der Waals surface area contributed by atoms with Gasteiger partial charge in [0.2, 0.25) is 5.91 Å². The van der Waals surface area contributed by atoms with Gasteiger partial charge in [0.25, 0.3) is 5.91 Å². The van der Waals surface area contributed by atoms with Crippen molar-refractivity contribution in [3.63, 3.8) is 0 Å². The van der Waals surface area contributed by atoms with Crippen LogP contribution in [-0.4, -0.2) is 49.1 Å². The molecule has 2 saturated heterocycles. The Morgan fingerprint density at radius 3 is 2.47 bits per heavy atom. The lowest BCUT2D eigenvalue weighted by molar-refractivity contribution is -0.125. The van der Waals surface area contributed by atoms with Crippen LogP contribution >= 0.6 is 15.9 Å². The summed E-state index contributed by atoms with van der Waals surface area (Å²) in [5.74, 6) is -0.135. The van der Waals surface area contributed by atoms with Crippen LogP contribution in [0.5, 0.6) is 0 Å². The number of hydrogen-bond acceptors (Lipinski definition) is 3. The Balaban J connectivity index is 1.45. The minimum absolute atomic E-state index is 0.0558. The van der Waals surface area contributed by atoms with Gasteiger partial charge in [-0.3, -0.25) is 9.59 Å². The molecular weight excluding hydrogens is 444 g/mol. The van der Waals surface area contributed by atoms with Crippen molar-refractivity contribution in [1.29, 1.82) is 0 Å². The van der Waals surface area contributed by atoms with Crippen molar-refractivity contribution in [2.24, 2.45) is 0 Å². The van der Waals surface area contributed by atoms with E-state index in [0.717, 1.165) is 23.7 Å². The van der Waals surface area contributed by atoms with Gasteiger partial charge in [0.1, 0.15) is 6.04 Å². The SMILES string of the molecule is O=C(NCC1(c2ccccc2)CCOCC1)C1CCCN1C(=O)c1ccc(Br)cc1. The molecule has 4 rings (SSSR count). The van der Waals surface area contributed by atoms with Gasteiger partial charge in [-0.25, -0.2) is 0 Å². The minimum atomic E-state index is -0.409. The van der Waals surface area contributed by atoms with E-state index < -0.39 is 6.04 Å². The highest BCUT2D eigenvalue weighted by Gasteiger charge is 2.38. The predicted octanol–water partition coefficient (Wildman–Crippen LogP) is 3.92. The van der Waals surface area contributed by atoms with E-state index in [2.05, 4.69) is 33.4 Å². The molecule has 0 spiro atoms. The number of benzene rings is 2. The van der Waals surface area contributed by atoms with Crippen LogP contribution in [0.3, 0.4) is 0 Å². The van der Waals surface area contributed by atoms with Crippen LogP contribution in [0.15, 0.2) is 59.1 Å². The van der Waals surface area contributed by atoms with Gasteiger partial charge < -0.3 is 15.0 Å².